The molecule has 1 unspecified atom stereocenters. The van der Waals surface area contributed by atoms with Gasteiger partial charge in [-0.15, -0.1) is 5.10 Å². The molecule has 1 atom stereocenters. The van der Waals surface area contributed by atoms with Gasteiger partial charge in [-0.2, -0.15) is 0 Å². The van der Waals surface area contributed by atoms with Crippen LogP contribution in [-0.4, -0.2) is 25.1 Å². The maximum absolute atomic E-state index is 10.3. The lowest BCUT2D eigenvalue weighted by molar-refractivity contribution is 0.207. The van der Waals surface area contributed by atoms with E-state index in [1.54, 1.807) is 25.3 Å². The Morgan fingerprint density at radius 2 is 2.19 bits per heavy atom. The molecule has 6 nitrogen and oxygen atoms in total. The van der Waals surface area contributed by atoms with Gasteiger partial charge in [0.2, 0.25) is 0 Å². The van der Waals surface area contributed by atoms with E-state index in [1.807, 2.05) is 16.8 Å². The number of aliphatic hydroxyl groups excluding tert-OH is 1. The van der Waals surface area contributed by atoms with Crippen molar-refractivity contribution in [3.63, 3.8) is 0 Å². The fraction of sp³-hybridized carbons (Fsp3) is 0.316. The SMILES string of the molecule is C=C(C)C(O)c1ncccc1Oc1ccc2c(nnn2CC2CC2)c1Br. The van der Waals surface area contributed by atoms with Gasteiger partial charge in [-0.1, -0.05) is 11.8 Å². The Bertz CT molecular complexity index is 981. The van der Waals surface area contributed by atoms with Gasteiger partial charge in [-0.3, -0.25) is 4.98 Å². The summed E-state index contributed by atoms with van der Waals surface area (Å²) in [4.78, 5) is 4.25. The first-order valence-electron chi connectivity index (χ1n) is 8.52. The van der Waals surface area contributed by atoms with Crippen LogP contribution < -0.4 is 4.74 Å². The summed E-state index contributed by atoms with van der Waals surface area (Å²) in [6.45, 7) is 6.45. The number of nitrogens with zero attached hydrogens (tertiary/aromatic N) is 4. The molecular weight excluding hydrogens is 396 g/mol. The zero-order valence-electron chi connectivity index (χ0n) is 14.4. The largest absolute Gasteiger partial charge is 0.454 e. The van der Waals surface area contributed by atoms with Crippen LogP contribution in [0.5, 0.6) is 11.5 Å². The minimum atomic E-state index is -0.881. The van der Waals surface area contributed by atoms with Gasteiger partial charge in [-0.05, 0) is 71.5 Å². The number of pyridine rings is 1. The standard InChI is InChI=1S/C19H19BrN4O2/c1-11(2)19(25)18-15(4-3-9-21-18)26-14-8-7-13-17(16(14)20)22-23-24(13)10-12-5-6-12/h3-4,7-9,12,19,25H,1,5-6,10H2,2H3. The first-order valence-corrected chi connectivity index (χ1v) is 9.32. The van der Waals surface area contributed by atoms with Crippen LogP contribution in [-0.2, 0) is 6.54 Å². The van der Waals surface area contributed by atoms with E-state index in [-0.39, 0.29) is 0 Å². The van der Waals surface area contributed by atoms with Crippen molar-refractivity contribution in [2.75, 3.05) is 0 Å². The topological polar surface area (TPSA) is 73.1 Å². The smallest absolute Gasteiger partial charge is 0.152 e. The predicted molar refractivity (Wildman–Crippen MR) is 102 cm³/mol. The lowest BCUT2D eigenvalue weighted by atomic mass is 10.1. The molecule has 0 aliphatic heterocycles. The van der Waals surface area contributed by atoms with Crippen molar-refractivity contribution in [1.29, 1.82) is 0 Å². The van der Waals surface area contributed by atoms with Gasteiger partial charge in [0.05, 0.1) is 9.99 Å². The van der Waals surface area contributed by atoms with E-state index in [1.165, 1.54) is 12.8 Å². The Morgan fingerprint density at radius 3 is 2.92 bits per heavy atom. The van der Waals surface area contributed by atoms with Crippen molar-refractivity contribution in [2.24, 2.45) is 5.92 Å². The van der Waals surface area contributed by atoms with Crippen LogP contribution in [0.2, 0.25) is 0 Å². The number of rotatable bonds is 6. The third kappa shape index (κ3) is 3.24. The zero-order chi connectivity index (χ0) is 18.3. The van der Waals surface area contributed by atoms with E-state index in [4.69, 9.17) is 4.74 Å². The highest BCUT2D eigenvalue weighted by Gasteiger charge is 2.24. The number of fused-ring (bicyclic) bond motifs is 1. The maximum atomic E-state index is 10.3. The molecule has 1 aliphatic rings. The summed E-state index contributed by atoms with van der Waals surface area (Å²) in [6, 6.07) is 7.38. The molecule has 4 rings (SSSR count). The number of hydrogen-bond donors (Lipinski definition) is 1. The van der Waals surface area contributed by atoms with Crippen molar-refractivity contribution >= 4 is 27.0 Å². The molecule has 0 bridgehead atoms. The summed E-state index contributed by atoms with van der Waals surface area (Å²) < 4.78 is 8.71. The zero-order valence-corrected chi connectivity index (χ0v) is 16.0. The Kier molecular flexibility index (Phi) is 4.50. The molecule has 2 heterocycles. The minimum absolute atomic E-state index is 0.435. The van der Waals surface area contributed by atoms with Gasteiger partial charge in [0, 0.05) is 12.7 Å². The first kappa shape index (κ1) is 17.2. The lowest BCUT2D eigenvalue weighted by Gasteiger charge is -2.15. The molecule has 7 heteroatoms. The number of halogens is 1. The van der Waals surface area contributed by atoms with E-state index in [0.717, 1.165) is 28.0 Å². The highest BCUT2D eigenvalue weighted by Crippen LogP contribution is 2.38. The lowest BCUT2D eigenvalue weighted by Crippen LogP contribution is -2.04. The number of aromatic nitrogens is 4. The molecule has 134 valence electrons. The number of hydrogen-bond acceptors (Lipinski definition) is 5. The summed E-state index contributed by atoms with van der Waals surface area (Å²) in [6.07, 6.45) is 3.26. The van der Waals surface area contributed by atoms with E-state index in [2.05, 4.69) is 37.8 Å². The molecule has 0 saturated heterocycles. The van der Waals surface area contributed by atoms with Crippen molar-refractivity contribution in [3.05, 3.63) is 52.8 Å². The fourth-order valence-electron chi connectivity index (χ4n) is 2.79. The van der Waals surface area contributed by atoms with E-state index >= 15 is 0 Å². The summed E-state index contributed by atoms with van der Waals surface area (Å²) in [5.41, 5.74) is 2.77. The van der Waals surface area contributed by atoms with Gasteiger partial charge < -0.3 is 9.84 Å². The average molecular weight is 415 g/mol. The number of benzene rings is 1. The van der Waals surface area contributed by atoms with Crippen LogP contribution in [0.4, 0.5) is 0 Å². The summed E-state index contributed by atoms with van der Waals surface area (Å²) in [7, 11) is 0. The van der Waals surface area contributed by atoms with Gasteiger partial charge in [0.15, 0.2) is 5.75 Å². The second-order valence-corrected chi connectivity index (χ2v) is 7.49. The quantitative estimate of drug-likeness (QED) is 0.605. The predicted octanol–water partition coefficient (Wildman–Crippen LogP) is 4.40. The van der Waals surface area contributed by atoms with E-state index in [0.29, 0.717) is 22.8 Å². The molecule has 1 N–H and O–H groups in total. The molecule has 1 aromatic carbocycles. The molecule has 1 aliphatic carbocycles. The average Bonchev–Trinajstić information content (AvgIpc) is 3.36. The monoisotopic (exact) mass is 414 g/mol. The fourth-order valence-corrected chi connectivity index (χ4v) is 3.29. The maximum Gasteiger partial charge on any atom is 0.152 e. The Hall–Kier alpha value is -2.25. The molecule has 3 aromatic rings. The van der Waals surface area contributed by atoms with Crippen molar-refractivity contribution in [1.82, 2.24) is 20.0 Å². The van der Waals surface area contributed by atoms with Crippen LogP contribution >= 0.6 is 15.9 Å². The highest BCUT2D eigenvalue weighted by molar-refractivity contribution is 9.10. The van der Waals surface area contributed by atoms with Crippen molar-refractivity contribution < 1.29 is 9.84 Å². The van der Waals surface area contributed by atoms with Gasteiger partial charge in [-0.25, -0.2) is 4.68 Å². The van der Waals surface area contributed by atoms with Crippen LogP contribution in [0, 0.1) is 5.92 Å². The normalized spacial score (nSPS) is 15.2. The molecule has 26 heavy (non-hydrogen) atoms. The van der Waals surface area contributed by atoms with Gasteiger partial charge in [0.25, 0.3) is 0 Å². The second kappa shape index (κ2) is 6.81. The van der Waals surface area contributed by atoms with Crippen LogP contribution in [0.15, 0.2) is 47.1 Å². The van der Waals surface area contributed by atoms with E-state index in [9.17, 15) is 5.11 Å². The van der Waals surface area contributed by atoms with E-state index < -0.39 is 6.10 Å². The number of ether oxygens (including phenoxy) is 1. The number of aliphatic hydroxyl groups is 1. The molecule has 0 spiro atoms. The highest BCUT2D eigenvalue weighted by atomic mass is 79.9. The Labute approximate surface area is 159 Å². The van der Waals surface area contributed by atoms with Crippen LogP contribution in [0.1, 0.15) is 31.6 Å². The van der Waals surface area contributed by atoms with Crippen molar-refractivity contribution in [3.8, 4) is 11.5 Å². The van der Waals surface area contributed by atoms with Crippen molar-refractivity contribution in [2.45, 2.75) is 32.4 Å². The van der Waals surface area contributed by atoms with Crippen LogP contribution in [0.3, 0.4) is 0 Å². The molecule has 1 saturated carbocycles. The molecular formula is C19H19BrN4O2. The molecule has 1 fully saturated rings. The molecule has 0 radical (unpaired) electrons. The Morgan fingerprint density at radius 1 is 1.38 bits per heavy atom. The third-order valence-corrected chi connectivity index (χ3v) is 5.23. The minimum Gasteiger partial charge on any atom is -0.454 e. The molecule has 2 aromatic heterocycles. The third-order valence-electron chi connectivity index (χ3n) is 4.46. The first-order chi connectivity index (χ1) is 12.5. The van der Waals surface area contributed by atoms with Gasteiger partial charge >= 0.3 is 0 Å². The summed E-state index contributed by atoms with van der Waals surface area (Å²) >= 11 is 3.58. The summed E-state index contributed by atoms with van der Waals surface area (Å²) in [5.74, 6) is 1.80. The Balaban J connectivity index is 1.68. The molecule has 0 amide bonds. The second-order valence-electron chi connectivity index (χ2n) is 6.70. The summed E-state index contributed by atoms with van der Waals surface area (Å²) in [5, 5.41) is 18.9. The van der Waals surface area contributed by atoms with Crippen LogP contribution in [0.25, 0.3) is 11.0 Å². The van der Waals surface area contributed by atoms with Gasteiger partial charge in [0.1, 0.15) is 23.1 Å².